The Morgan fingerprint density at radius 1 is 1.27 bits per heavy atom. The summed E-state index contributed by atoms with van der Waals surface area (Å²) in [6.45, 7) is 10.4. The van der Waals surface area contributed by atoms with Crippen LogP contribution in [0.25, 0.3) is 0 Å². The molecule has 2 aliphatic rings. The highest BCUT2D eigenvalue weighted by Crippen LogP contribution is 2.43. The van der Waals surface area contributed by atoms with E-state index in [1.54, 1.807) is 4.31 Å². The van der Waals surface area contributed by atoms with Crippen LogP contribution in [-0.2, 0) is 10.0 Å². The van der Waals surface area contributed by atoms with Gasteiger partial charge in [-0.2, -0.15) is 0 Å². The summed E-state index contributed by atoms with van der Waals surface area (Å²) in [5, 5.41) is 6.80. The van der Waals surface area contributed by atoms with Gasteiger partial charge in [0.05, 0.1) is 6.26 Å². The molecule has 2 N–H and O–H groups in total. The second-order valence-electron chi connectivity index (χ2n) is 8.66. The van der Waals surface area contributed by atoms with Crippen molar-refractivity contribution in [2.75, 3.05) is 39.0 Å². The lowest BCUT2D eigenvalue weighted by atomic mass is 9.78. The molecule has 1 aliphatic carbocycles. The van der Waals surface area contributed by atoms with Gasteiger partial charge in [0.1, 0.15) is 0 Å². The zero-order valence-corrected chi connectivity index (χ0v) is 17.9. The molecule has 1 heterocycles. The van der Waals surface area contributed by atoms with Crippen LogP contribution in [-0.4, -0.2) is 57.7 Å². The van der Waals surface area contributed by atoms with Crippen molar-refractivity contribution in [2.24, 2.45) is 22.2 Å². The molecular weight excluding hydrogens is 348 g/mol. The van der Waals surface area contributed by atoms with Crippen molar-refractivity contribution < 1.29 is 8.42 Å². The minimum absolute atomic E-state index is 0.352. The topological polar surface area (TPSA) is 73.8 Å². The van der Waals surface area contributed by atoms with E-state index in [0.717, 1.165) is 32.0 Å². The normalized spacial score (nSPS) is 24.3. The summed E-state index contributed by atoms with van der Waals surface area (Å²) in [4.78, 5) is 4.91. The second-order valence-corrected chi connectivity index (χ2v) is 10.6. The molecule has 1 saturated carbocycles. The van der Waals surface area contributed by atoms with Crippen LogP contribution >= 0.6 is 0 Å². The summed E-state index contributed by atoms with van der Waals surface area (Å²) < 4.78 is 24.9. The predicted molar refractivity (Wildman–Crippen MR) is 109 cm³/mol. The minimum atomic E-state index is -3.07. The number of guanidine groups is 1. The van der Waals surface area contributed by atoms with E-state index in [1.165, 1.54) is 38.4 Å². The number of rotatable bonds is 8. The van der Waals surface area contributed by atoms with E-state index in [4.69, 9.17) is 4.99 Å². The molecule has 26 heavy (non-hydrogen) atoms. The summed E-state index contributed by atoms with van der Waals surface area (Å²) in [7, 11) is -3.07. The molecule has 0 amide bonds. The van der Waals surface area contributed by atoms with Gasteiger partial charge in [-0.15, -0.1) is 0 Å². The Hall–Kier alpha value is -0.820. The Kier molecular flexibility index (Phi) is 7.76. The van der Waals surface area contributed by atoms with Crippen LogP contribution in [0.4, 0.5) is 0 Å². The Bertz CT molecular complexity index is 568. The van der Waals surface area contributed by atoms with Crippen molar-refractivity contribution in [3.63, 3.8) is 0 Å². The average Bonchev–Trinajstić information content (AvgIpc) is 3.19. The number of aliphatic imine (C=N–C) groups is 1. The molecule has 0 aromatic rings. The molecule has 1 atom stereocenters. The Balaban J connectivity index is 1.90. The van der Waals surface area contributed by atoms with Gasteiger partial charge in [-0.05, 0) is 49.9 Å². The first-order chi connectivity index (χ1) is 12.2. The fraction of sp³-hybridized carbons (Fsp3) is 0.947. The molecule has 0 radical (unpaired) electrons. The van der Waals surface area contributed by atoms with Crippen LogP contribution in [0.5, 0.6) is 0 Å². The average molecular weight is 387 g/mol. The predicted octanol–water partition coefficient (Wildman–Crippen LogP) is 2.43. The van der Waals surface area contributed by atoms with E-state index in [0.29, 0.717) is 30.3 Å². The second kappa shape index (κ2) is 9.40. The van der Waals surface area contributed by atoms with Crippen molar-refractivity contribution in [2.45, 2.75) is 59.3 Å². The molecular formula is C19H38N4O2S. The van der Waals surface area contributed by atoms with Gasteiger partial charge in [-0.1, -0.05) is 26.7 Å². The molecule has 0 aromatic heterocycles. The SMILES string of the molecule is CCNC(=NCC1(CC(C)C)CCCC1)NCC1CCN(S(C)(=O)=O)C1. The highest BCUT2D eigenvalue weighted by Gasteiger charge is 2.34. The zero-order valence-electron chi connectivity index (χ0n) is 17.1. The first kappa shape index (κ1) is 21.5. The number of nitrogens with one attached hydrogen (secondary N) is 2. The van der Waals surface area contributed by atoms with Crippen LogP contribution in [0.1, 0.15) is 59.3 Å². The van der Waals surface area contributed by atoms with Crippen molar-refractivity contribution in [1.29, 1.82) is 0 Å². The van der Waals surface area contributed by atoms with Gasteiger partial charge in [0.2, 0.25) is 10.0 Å². The third kappa shape index (κ3) is 6.41. The molecule has 1 unspecified atom stereocenters. The van der Waals surface area contributed by atoms with Crippen molar-refractivity contribution in [1.82, 2.24) is 14.9 Å². The Morgan fingerprint density at radius 3 is 2.50 bits per heavy atom. The number of hydrogen-bond donors (Lipinski definition) is 2. The summed E-state index contributed by atoms with van der Waals surface area (Å²) >= 11 is 0. The fourth-order valence-electron chi connectivity index (χ4n) is 4.51. The lowest BCUT2D eigenvalue weighted by Gasteiger charge is -2.29. The van der Waals surface area contributed by atoms with Crippen LogP contribution < -0.4 is 10.6 Å². The smallest absolute Gasteiger partial charge is 0.211 e. The molecule has 7 heteroatoms. The number of nitrogens with zero attached hydrogens (tertiary/aromatic N) is 2. The van der Waals surface area contributed by atoms with E-state index in [1.807, 2.05) is 0 Å². The summed E-state index contributed by atoms with van der Waals surface area (Å²) in [6, 6.07) is 0. The van der Waals surface area contributed by atoms with E-state index in [2.05, 4.69) is 31.4 Å². The zero-order chi connectivity index (χ0) is 19.2. The van der Waals surface area contributed by atoms with Crippen molar-refractivity contribution in [3.05, 3.63) is 0 Å². The van der Waals surface area contributed by atoms with Gasteiger partial charge in [0.25, 0.3) is 0 Å². The lowest BCUT2D eigenvalue weighted by molar-refractivity contribution is 0.245. The molecule has 1 saturated heterocycles. The Morgan fingerprint density at radius 2 is 1.96 bits per heavy atom. The van der Waals surface area contributed by atoms with Crippen LogP contribution in [0.3, 0.4) is 0 Å². The highest BCUT2D eigenvalue weighted by molar-refractivity contribution is 7.88. The fourth-order valence-corrected chi connectivity index (χ4v) is 5.43. The quantitative estimate of drug-likeness (QED) is 0.496. The largest absolute Gasteiger partial charge is 0.357 e. The maximum absolute atomic E-state index is 11.7. The van der Waals surface area contributed by atoms with Gasteiger partial charge >= 0.3 is 0 Å². The van der Waals surface area contributed by atoms with Gasteiger partial charge in [0, 0.05) is 32.7 Å². The van der Waals surface area contributed by atoms with Gasteiger partial charge in [-0.25, -0.2) is 12.7 Å². The maximum Gasteiger partial charge on any atom is 0.211 e. The summed E-state index contributed by atoms with van der Waals surface area (Å²) in [5.41, 5.74) is 0.372. The Labute approximate surface area is 160 Å². The molecule has 1 aliphatic heterocycles. The molecule has 152 valence electrons. The first-order valence-corrected chi connectivity index (χ1v) is 12.1. The van der Waals surface area contributed by atoms with E-state index >= 15 is 0 Å². The molecule has 0 spiro atoms. The van der Waals surface area contributed by atoms with E-state index in [-0.39, 0.29) is 0 Å². The third-order valence-corrected chi connectivity index (χ3v) is 6.97. The van der Waals surface area contributed by atoms with Crippen LogP contribution in [0.2, 0.25) is 0 Å². The highest BCUT2D eigenvalue weighted by atomic mass is 32.2. The molecule has 2 fully saturated rings. The van der Waals surface area contributed by atoms with E-state index < -0.39 is 10.0 Å². The summed E-state index contributed by atoms with van der Waals surface area (Å²) in [5.74, 6) is 1.93. The first-order valence-electron chi connectivity index (χ1n) is 10.2. The number of hydrogen-bond acceptors (Lipinski definition) is 3. The van der Waals surface area contributed by atoms with Crippen LogP contribution in [0, 0.1) is 17.3 Å². The third-order valence-electron chi connectivity index (χ3n) is 5.70. The molecule has 6 nitrogen and oxygen atoms in total. The lowest BCUT2D eigenvalue weighted by Crippen LogP contribution is -2.41. The molecule has 0 aromatic carbocycles. The molecule has 0 bridgehead atoms. The minimum Gasteiger partial charge on any atom is -0.357 e. The van der Waals surface area contributed by atoms with Crippen LogP contribution in [0.15, 0.2) is 4.99 Å². The monoisotopic (exact) mass is 386 g/mol. The molecule has 2 rings (SSSR count). The van der Waals surface area contributed by atoms with Gasteiger partial charge in [-0.3, -0.25) is 4.99 Å². The van der Waals surface area contributed by atoms with Gasteiger partial charge < -0.3 is 10.6 Å². The van der Waals surface area contributed by atoms with E-state index in [9.17, 15) is 8.42 Å². The maximum atomic E-state index is 11.7. The van der Waals surface area contributed by atoms with Crippen molar-refractivity contribution >= 4 is 16.0 Å². The number of sulfonamides is 1. The van der Waals surface area contributed by atoms with Gasteiger partial charge in [0.15, 0.2) is 5.96 Å². The summed E-state index contributed by atoms with van der Waals surface area (Å²) in [6.07, 6.45) is 8.70. The standard InChI is InChI=1S/C19H38N4O2S/c1-5-20-18(21-13-17-8-11-23(14-17)26(4,24)25)22-15-19(12-16(2)3)9-6-7-10-19/h16-17H,5-15H2,1-4H3,(H2,20,21,22). The van der Waals surface area contributed by atoms with Crippen molar-refractivity contribution in [3.8, 4) is 0 Å².